The van der Waals surface area contributed by atoms with E-state index >= 15 is 0 Å². The van der Waals surface area contributed by atoms with E-state index in [0.717, 1.165) is 16.8 Å². The van der Waals surface area contributed by atoms with Gasteiger partial charge in [0.25, 0.3) is 0 Å². The normalized spacial score (nSPS) is 11.0. The second kappa shape index (κ2) is 5.06. The van der Waals surface area contributed by atoms with Crippen molar-refractivity contribution in [2.75, 3.05) is 0 Å². The number of pyridine rings is 1. The number of aromatic nitrogens is 5. The smallest absolute Gasteiger partial charge is 0.357 e. The highest BCUT2D eigenvalue weighted by Crippen LogP contribution is 2.31. The molecule has 0 fully saturated rings. The molecule has 0 aliphatic rings. The molecule has 0 atom stereocenters. The number of benzene rings is 1. The molecule has 0 aliphatic heterocycles. The lowest BCUT2D eigenvalue weighted by atomic mass is 10.0. The van der Waals surface area contributed by atoms with E-state index in [1.54, 1.807) is 24.5 Å². The summed E-state index contributed by atoms with van der Waals surface area (Å²) in [7, 11) is 0. The van der Waals surface area contributed by atoms with Crippen LogP contribution in [0.1, 0.15) is 10.5 Å². The summed E-state index contributed by atoms with van der Waals surface area (Å²) >= 11 is 0. The van der Waals surface area contributed by atoms with Crippen molar-refractivity contribution in [3.8, 4) is 22.5 Å². The minimum atomic E-state index is -1.06. The molecule has 0 amide bonds. The molecule has 3 heterocycles. The fraction of sp³-hybridized carbons (Fsp3) is 0. The topological polar surface area (TPSA) is 108 Å². The molecule has 3 N–H and O–H groups in total. The van der Waals surface area contributed by atoms with Gasteiger partial charge in [0.05, 0.1) is 11.2 Å². The van der Waals surface area contributed by atoms with Crippen molar-refractivity contribution in [2.45, 2.75) is 0 Å². The lowest BCUT2D eigenvalue weighted by Gasteiger charge is -2.03. The monoisotopic (exact) mass is 305 g/mol. The van der Waals surface area contributed by atoms with Crippen molar-refractivity contribution >= 4 is 16.9 Å². The number of hydrogen-bond acceptors (Lipinski definition) is 4. The third kappa shape index (κ3) is 2.15. The second-order valence-corrected chi connectivity index (χ2v) is 5.00. The fourth-order valence-corrected chi connectivity index (χ4v) is 2.55. The van der Waals surface area contributed by atoms with Crippen LogP contribution in [0, 0.1) is 0 Å². The Balaban J connectivity index is 1.89. The molecule has 0 saturated heterocycles. The van der Waals surface area contributed by atoms with Crippen LogP contribution in [-0.2, 0) is 0 Å². The summed E-state index contributed by atoms with van der Waals surface area (Å²) < 4.78 is 0. The largest absolute Gasteiger partial charge is 0.476 e. The van der Waals surface area contributed by atoms with E-state index in [0.29, 0.717) is 16.6 Å². The first-order valence-corrected chi connectivity index (χ1v) is 6.91. The molecule has 112 valence electrons. The molecule has 23 heavy (non-hydrogen) atoms. The molecule has 3 aromatic heterocycles. The predicted molar refractivity (Wildman–Crippen MR) is 83.9 cm³/mol. The maximum Gasteiger partial charge on any atom is 0.357 e. The Hall–Kier alpha value is -3.48. The molecule has 0 unspecified atom stereocenters. The van der Waals surface area contributed by atoms with E-state index in [9.17, 15) is 9.90 Å². The summed E-state index contributed by atoms with van der Waals surface area (Å²) in [5.41, 5.74) is 3.83. The second-order valence-electron chi connectivity index (χ2n) is 5.00. The zero-order valence-corrected chi connectivity index (χ0v) is 11.8. The number of rotatable bonds is 3. The molecule has 0 aliphatic carbocycles. The van der Waals surface area contributed by atoms with Gasteiger partial charge in [-0.1, -0.05) is 12.1 Å². The number of aromatic amines is 2. The minimum absolute atomic E-state index is 0.00438. The predicted octanol–water partition coefficient (Wildman–Crippen LogP) is 2.71. The average molecular weight is 305 g/mol. The lowest BCUT2D eigenvalue weighted by molar-refractivity contribution is 0.0692. The summed E-state index contributed by atoms with van der Waals surface area (Å²) in [6.45, 7) is 0. The van der Waals surface area contributed by atoms with Crippen molar-refractivity contribution in [3.63, 3.8) is 0 Å². The summed E-state index contributed by atoms with van der Waals surface area (Å²) in [4.78, 5) is 15.6. The van der Waals surface area contributed by atoms with Crippen molar-refractivity contribution in [3.05, 3.63) is 54.5 Å². The third-order valence-corrected chi connectivity index (χ3v) is 3.62. The zero-order valence-electron chi connectivity index (χ0n) is 11.8. The number of carboxylic acid groups (broad SMARTS) is 1. The summed E-state index contributed by atoms with van der Waals surface area (Å²) in [5, 5.41) is 23.4. The molecule has 4 aromatic rings. The Bertz CT molecular complexity index is 1000. The van der Waals surface area contributed by atoms with Gasteiger partial charge in [0.15, 0.2) is 5.69 Å². The number of nitrogens with one attached hydrogen (secondary N) is 2. The average Bonchev–Trinajstić information content (AvgIpc) is 3.22. The summed E-state index contributed by atoms with van der Waals surface area (Å²) in [5.74, 6) is -1.06. The quantitative estimate of drug-likeness (QED) is 0.539. The van der Waals surface area contributed by atoms with Gasteiger partial charge in [-0.05, 0) is 29.8 Å². The molecule has 4 rings (SSSR count). The highest BCUT2D eigenvalue weighted by molar-refractivity contribution is 6.02. The molecule has 0 radical (unpaired) electrons. The van der Waals surface area contributed by atoms with Crippen molar-refractivity contribution in [1.29, 1.82) is 0 Å². The van der Waals surface area contributed by atoms with E-state index in [1.807, 2.05) is 24.3 Å². The maximum absolute atomic E-state index is 11.3. The van der Waals surface area contributed by atoms with Gasteiger partial charge in [0.1, 0.15) is 5.69 Å². The van der Waals surface area contributed by atoms with Crippen LogP contribution in [0.2, 0.25) is 0 Å². The lowest BCUT2D eigenvalue weighted by Crippen LogP contribution is -1.96. The maximum atomic E-state index is 11.3. The minimum Gasteiger partial charge on any atom is -0.476 e. The van der Waals surface area contributed by atoms with E-state index in [2.05, 4.69) is 25.4 Å². The standard InChI is InChI=1S/C16H11N5O2/c22-16(23)15-10-7-9(4-5-12(10)19-21-15)11-8-18-20-14(11)13-3-1-2-6-17-13/h1-8H,(H,18,20)(H,19,21)(H,22,23). The summed E-state index contributed by atoms with van der Waals surface area (Å²) in [6, 6.07) is 11.1. The number of carboxylic acids is 1. The first-order chi connectivity index (χ1) is 11.2. The molecule has 0 saturated carbocycles. The van der Waals surface area contributed by atoms with Gasteiger partial charge in [-0.15, -0.1) is 0 Å². The van der Waals surface area contributed by atoms with Gasteiger partial charge in [-0.25, -0.2) is 4.79 Å². The Kier molecular flexibility index (Phi) is 2.90. The number of aromatic carboxylic acids is 1. The van der Waals surface area contributed by atoms with Gasteiger partial charge >= 0.3 is 5.97 Å². The Morgan fingerprint density at radius 3 is 2.83 bits per heavy atom. The highest BCUT2D eigenvalue weighted by atomic mass is 16.4. The Morgan fingerprint density at radius 2 is 2.04 bits per heavy atom. The first kappa shape index (κ1) is 13.2. The van der Waals surface area contributed by atoms with Gasteiger partial charge in [-0.2, -0.15) is 10.2 Å². The Morgan fingerprint density at radius 1 is 1.13 bits per heavy atom. The van der Waals surface area contributed by atoms with Crippen LogP contribution >= 0.6 is 0 Å². The molecule has 7 heteroatoms. The van der Waals surface area contributed by atoms with Crippen molar-refractivity contribution in [2.24, 2.45) is 0 Å². The van der Waals surface area contributed by atoms with Crippen molar-refractivity contribution < 1.29 is 9.90 Å². The van der Waals surface area contributed by atoms with Crippen LogP contribution in [0.3, 0.4) is 0 Å². The molecular weight excluding hydrogens is 294 g/mol. The van der Waals surface area contributed by atoms with Crippen LogP contribution in [0.5, 0.6) is 0 Å². The fourth-order valence-electron chi connectivity index (χ4n) is 2.55. The number of carbonyl (C=O) groups is 1. The van der Waals surface area contributed by atoms with Gasteiger partial charge < -0.3 is 5.11 Å². The van der Waals surface area contributed by atoms with E-state index in [4.69, 9.17) is 0 Å². The van der Waals surface area contributed by atoms with Crippen molar-refractivity contribution in [1.82, 2.24) is 25.4 Å². The van der Waals surface area contributed by atoms with E-state index in [-0.39, 0.29) is 5.69 Å². The SMILES string of the molecule is O=C(O)c1n[nH]c2ccc(-c3c[nH]nc3-c3ccccn3)cc12. The number of H-pyrrole nitrogens is 2. The first-order valence-electron chi connectivity index (χ1n) is 6.91. The number of hydrogen-bond donors (Lipinski definition) is 3. The number of nitrogens with zero attached hydrogens (tertiary/aromatic N) is 3. The summed E-state index contributed by atoms with van der Waals surface area (Å²) in [6.07, 6.45) is 3.47. The Labute approximate surface area is 130 Å². The number of fused-ring (bicyclic) bond motifs is 1. The van der Waals surface area contributed by atoms with Crippen LogP contribution < -0.4 is 0 Å². The van der Waals surface area contributed by atoms with E-state index in [1.165, 1.54) is 0 Å². The van der Waals surface area contributed by atoms with Crippen LogP contribution in [-0.4, -0.2) is 36.5 Å². The van der Waals surface area contributed by atoms with Crippen LogP contribution in [0.25, 0.3) is 33.4 Å². The molecular formula is C16H11N5O2. The van der Waals surface area contributed by atoms with Gasteiger partial charge in [-0.3, -0.25) is 15.2 Å². The molecule has 1 aromatic carbocycles. The molecule has 7 nitrogen and oxygen atoms in total. The van der Waals surface area contributed by atoms with Crippen LogP contribution in [0.4, 0.5) is 0 Å². The van der Waals surface area contributed by atoms with Gasteiger partial charge in [0, 0.05) is 23.3 Å². The molecule has 0 spiro atoms. The van der Waals surface area contributed by atoms with Crippen LogP contribution in [0.15, 0.2) is 48.8 Å². The van der Waals surface area contributed by atoms with Gasteiger partial charge in [0.2, 0.25) is 0 Å². The highest BCUT2D eigenvalue weighted by Gasteiger charge is 2.16. The molecule has 0 bridgehead atoms. The van der Waals surface area contributed by atoms with E-state index < -0.39 is 5.97 Å². The zero-order chi connectivity index (χ0) is 15.8. The third-order valence-electron chi connectivity index (χ3n) is 3.62.